The van der Waals surface area contributed by atoms with Gasteiger partial charge in [-0.2, -0.15) is 8.78 Å². The molecule has 1 aromatic carbocycles. The van der Waals surface area contributed by atoms with Gasteiger partial charge in [-0.1, -0.05) is 0 Å². The molecule has 0 aromatic heterocycles. The highest BCUT2D eigenvalue weighted by atomic mass is 28.4. The molecule has 0 fully saturated rings. The number of halogens is 5. The molecular weight excluding hydrogens is 295 g/mol. The highest BCUT2D eigenvalue weighted by molar-refractivity contribution is 6.56. The maximum Gasteiger partial charge on any atom is 0.492 e. The summed E-state index contributed by atoms with van der Waals surface area (Å²) >= 11 is 0. The fourth-order valence-corrected chi connectivity index (χ4v) is 1.81. The Hall–Kier alpha value is -1.23. The fraction of sp³-hybridized carbons (Fsp3) is 0.333. The van der Waals surface area contributed by atoms with E-state index in [4.69, 9.17) is 14.4 Å². The lowest BCUT2D eigenvalue weighted by atomic mass is 10.2. The van der Waals surface area contributed by atoms with E-state index >= 15 is 0 Å². The molecule has 1 aromatic rings. The Bertz CT molecular complexity index is 448. The zero-order chi connectivity index (χ0) is 14.8. The van der Waals surface area contributed by atoms with Crippen molar-refractivity contribution in [3.63, 3.8) is 0 Å². The highest BCUT2D eigenvalue weighted by Crippen LogP contribution is 2.29. The predicted octanol–water partition coefficient (Wildman–Crippen LogP) is 1.07. The van der Waals surface area contributed by atoms with Gasteiger partial charge in [0.2, 0.25) is 29.1 Å². The van der Waals surface area contributed by atoms with Crippen LogP contribution in [0.25, 0.3) is 0 Å². The van der Waals surface area contributed by atoms with Gasteiger partial charge in [-0.05, 0) is 6.42 Å². The molecule has 0 saturated carbocycles. The van der Waals surface area contributed by atoms with E-state index < -0.39 is 56.3 Å². The molecule has 19 heavy (non-hydrogen) atoms. The quantitative estimate of drug-likeness (QED) is 0.250. The molecule has 0 radical (unpaired) electrons. The van der Waals surface area contributed by atoms with Gasteiger partial charge in [-0.25, -0.2) is 13.2 Å². The molecule has 4 nitrogen and oxygen atoms in total. The first-order valence-corrected chi connectivity index (χ1v) is 7.01. The van der Waals surface area contributed by atoms with E-state index in [-0.39, 0.29) is 6.42 Å². The summed E-state index contributed by atoms with van der Waals surface area (Å²) in [7, 11) is -4.33. The van der Waals surface area contributed by atoms with Crippen LogP contribution in [0.2, 0.25) is 6.04 Å². The van der Waals surface area contributed by atoms with Gasteiger partial charge in [0.15, 0.2) is 5.75 Å². The molecule has 1 rings (SSSR count). The molecule has 0 atom stereocenters. The highest BCUT2D eigenvalue weighted by Gasteiger charge is 2.28. The van der Waals surface area contributed by atoms with Crippen molar-refractivity contribution in [2.24, 2.45) is 0 Å². The van der Waals surface area contributed by atoms with Crippen molar-refractivity contribution < 1.29 is 41.1 Å². The fourth-order valence-electron chi connectivity index (χ4n) is 1.20. The molecule has 3 N–H and O–H groups in total. The number of hydrogen-bond donors (Lipinski definition) is 3. The lowest BCUT2D eigenvalue weighted by Gasteiger charge is -2.12. The van der Waals surface area contributed by atoms with Crippen LogP contribution in [0.1, 0.15) is 6.42 Å². The van der Waals surface area contributed by atoms with Crippen molar-refractivity contribution >= 4 is 8.80 Å². The van der Waals surface area contributed by atoms with Gasteiger partial charge in [-0.15, -0.1) is 0 Å². The topological polar surface area (TPSA) is 69.9 Å². The van der Waals surface area contributed by atoms with Crippen molar-refractivity contribution in [1.82, 2.24) is 0 Å². The van der Waals surface area contributed by atoms with Crippen LogP contribution < -0.4 is 4.74 Å². The Kier molecular flexibility index (Phi) is 4.84. The molecule has 0 bridgehead atoms. The first-order valence-electron chi connectivity index (χ1n) is 4.96. The second kappa shape index (κ2) is 5.82. The molecule has 0 unspecified atom stereocenters. The summed E-state index contributed by atoms with van der Waals surface area (Å²) in [5, 5.41) is 0. The second-order valence-corrected chi connectivity index (χ2v) is 5.67. The first-order chi connectivity index (χ1) is 8.65. The van der Waals surface area contributed by atoms with Gasteiger partial charge in [0.05, 0.1) is 6.61 Å². The summed E-state index contributed by atoms with van der Waals surface area (Å²) in [6.45, 7) is -0.561. The van der Waals surface area contributed by atoms with Crippen molar-refractivity contribution in [1.29, 1.82) is 0 Å². The Morgan fingerprint density at radius 3 is 1.63 bits per heavy atom. The number of hydrogen-bond acceptors (Lipinski definition) is 4. The van der Waals surface area contributed by atoms with Crippen LogP contribution >= 0.6 is 0 Å². The van der Waals surface area contributed by atoms with Crippen molar-refractivity contribution in [2.45, 2.75) is 12.5 Å². The van der Waals surface area contributed by atoms with Crippen LogP contribution in [0.3, 0.4) is 0 Å². The normalized spacial score (nSPS) is 11.8. The van der Waals surface area contributed by atoms with E-state index in [9.17, 15) is 22.0 Å². The number of ether oxygens (including phenoxy) is 1. The minimum Gasteiger partial charge on any atom is -0.487 e. The zero-order valence-electron chi connectivity index (χ0n) is 9.26. The third-order valence-electron chi connectivity index (χ3n) is 2.07. The largest absolute Gasteiger partial charge is 0.492 e. The maximum atomic E-state index is 13.1. The summed E-state index contributed by atoms with van der Waals surface area (Å²) in [6, 6.07) is -0.498. The third-order valence-corrected chi connectivity index (χ3v) is 3.10. The van der Waals surface area contributed by atoms with Crippen LogP contribution in [0.15, 0.2) is 0 Å². The van der Waals surface area contributed by atoms with E-state index in [2.05, 4.69) is 4.74 Å². The summed E-state index contributed by atoms with van der Waals surface area (Å²) in [6.07, 6.45) is -0.241. The Morgan fingerprint density at radius 2 is 1.21 bits per heavy atom. The van der Waals surface area contributed by atoms with Gasteiger partial charge >= 0.3 is 8.80 Å². The van der Waals surface area contributed by atoms with Crippen LogP contribution in [0.4, 0.5) is 22.0 Å². The molecule has 0 saturated heterocycles. The summed E-state index contributed by atoms with van der Waals surface area (Å²) in [4.78, 5) is 25.9. The van der Waals surface area contributed by atoms with Crippen molar-refractivity contribution in [3.05, 3.63) is 29.1 Å². The minimum atomic E-state index is -4.33. The van der Waals surface area contributed by atoms with Crippen LogP contribution in [0.5, 0.6) is 5.75 Å². The zero-order valence-corrected chi connectivity index (χ0v) is 10.3. The average Bonchev–Trinajstić information content (AvgIpc) is 2.32. The average molecular weight is 304 g/mol. The summed E-state index contributed by atoms with van der Waals surface area (Å²) in [5.74, 6) is -12.2. The lowest BCUT2D eigenvalue weighted by molar-refractivity contribution is 0.215. The van der Waals surface area contributed by atoms with E-state index in [1.807, 2.05) is 0 Å². The van der Waals surface area contributed by atoms with Crippen LogP contribution in [-0.4, -0.2) is 29.8 Å². The molecular formula is C9H9F5O4Si. The van der Waals surface area contributed by atoms with Crippen molar-refractivity contribution in [2.75, 3.05) is 6.61 Å². The van der Waals surface area contributed by atoms with Crippen LogP contribution in [0, 0.1) is 29.1 Å². The summed E-state index contributed by atoms with van der Waals surface area (Å²) < 4.78 is 68.7. The first kappa shape index (κ1) is 15.8. The molecule has 0 spiro atoms. The molecule has 0 aliphatic rings. The molecule has 0 aliphatic carbocycles. The Labute approximate surface area is 105 Å². The lowest BCUT2D eigenvalue weighted by Crippen LogP contribution is -2.34. The van der Waals surface area contributed by atoms with Gasteiger partial charge in [0.25, 0.3) is 0 Å². The van der Waals surface area contributed by atoms with E-state index in [1.54, 1.807) is 0 Å². The second-order valence-electron chi connectivity index (χ2n) is 3.63. The Morgan fingerprint density at radius 1 is 0.789 bits per heavy atom. The third kappa shape index (κ3) is 3.86. The molecule has 0 heterocycles. The predicted molar refractivity (Wildman–Crippen MR) is 53.6 cm³/mol. The molecule has 108 valence electrons. The molecule has 0 amide bonds. The van der Waals surface area contributed by atoms with Gasteiger partial charge in [0, 0.05) is 6.04 Å². The van der Waals surface area contributed by atoms with E-state index in [0.29, 0.717) is 0 Å². The SMILES string of the molecule is O[Si](O)(O)CCCOc1c(F)c(F)c(F)c(F)c1F. The maximum absolute atomic E-state index is 13.1. The van der Waals surface area contributed by atoms with Crippen molar-refractivity contribution in [3.8, 4) is 5.75 Å². The number of benzene rings is 1. The monoisotopic (exact) mass is 304 g/mol. The van der Waals surface area contributed by atoms with E-state index in [0.717, 1.165) is 0 Å². The Balaban J connectivity index is 2.80. The summed E-state index contributed by atoms with van der Waals surface area (Å²) in [5.41, 5.74) is 0. The van der Waals surface area contributed by atoms with Gasteiger partial charge < -0.3 is 19.1 Å². The number of rotatable bonds is 5. The van der Waals surface area contributed by atoms with Gasteiger partial charge in [0.1, 0.15) is 0 Å². The van der Waals surface area contributed by atoms with Gasteiger partial charge in [-0.3, -0.25) is 0 Å². The smallest absolute Gasteiger partial charge is 0.487 e. The molecule has 10 heteroatoms. The van der Waals surface area contributed by atoms with Crippen LogP contribution in [-0.2, 0) is 0 Å². The standard InChI is InChI=1S/C9H9F5O4Si/c10-4-5(11)7(13)9(8(14)6(4)12)18-2-1-3-19(15,16)17/h15-17H,1-3H2. The minimum absolute atomic E-state index is 0.241. The van der Waals surface area contributed by atoms with E-state index in [1.165, 1.54) is 0 Å². The molecule has 0 aliphatic heterocycles.